The number of methoxy groups -OCH3 is 1. The molecular formula is C23H25ClN2O3S. The summed E-state index contributed by atoms with van der Waals surface area (Å²) in [6, 6.07) is 14.8. The van der Waals surface area contributed by atoms with Crippen molar-refractivity contribution in [3.63, 3.8) is 0 Å². The lowest BCUT2D eigenvalue weighted by molar-refractivity contribution is -0.132. The molecule has 1 spiro atoms. The Morgan fingerprint density at radius 2 is 1.83 bits per heavy atom. The molecule has 2 aromatic carbocycles. The number of thioether (sulfide) groups is 1. The maximum atomic E-state index is 13.1. The molecule has 2 aliphatic heterocycles. The highest BCUT2D eigenvalue weighted by Crippen LogP contribution is 2.44. The highest BCUT2D eigenvalue weighted by Gasteiger charge is 2.47. The smallest absolute Gasteiger partial charge is 0.255 e. The van der Waals surface area contributed by atoms with Crippen LogP contribution in [0.3, 0.4) is 0 Å². The van der Waals surface area contributed by atoms with E-state index in [0.717, 1.165) is 36.5 Å². The summed E-state index contributed by atoms with van der Waals surface area (Å²) in [5.74, 6) is 1.87. The Labute approximate surface area is 186 Å². The number of nitrogens with zero attached hydrogens (tertiary/aromatic N) is 2. The number of ether oxygens (including phenoxy) is 1. The van der Waals surface area contributed by atoms with Crippen molar-refractivity contribution in [2.45, 2.75) is 24.1 Å². The topological polar surface area (TPSA) is 49.9 Å². The van der Waals surface area contributed by atoms with Gasteiger partial charge in [-0.2, -0.15) is 0 Å². The summed E-state index contributed by atoms with van der Waals surface area (Å²) in [7, 11) is 1.63. The van der Waals surface area contributed by atoms with E-state index in [2.05, 4.69) is 0 Å². The third-order valence-corrected chi connectivity index (χ3v) is 7.69. The van der Waals surface area contributed by atoms with Gasteiger partial charge in [0.05, 0.1) is 18.4 Å². The van der Waals surface area contributed by atoms with Gasteiger partial charge in [0.1, 0.15) is 5.75 Å². The Morgan fingerprint density at radius 1 is 1.10 bits per heavy atom. The largest absolute Gasteiger partial charge is 0.497 e. The number of rotatable bonds is 4. The Kier molecular flexibility index (Phi) is 6.25. The van der Waals surface area contributed by atoms with E-state index in [4.69, 9.17) is 16.3 Å². The minimum absolute atomic E-state index is 0.0282. The van der Waals surface area contributed by atoms with Crippen LogP contribution in [0.2, 0.25) is 5.02 Å². The van der Waals surface area contributed by atoms with E-state index >= 15 is 0 Å². The fourth-order valence-electron chi connectivity index (χ4n) is 4.22. The minimum Gasteiger partial charge on any atom is -0.497 e. The van der Waals surface area contributed by atoms with Crippen LogP contribution in [0.25, 0.3) is 0 Å². The first kappa shape index (κ1) is 21.1. The van der Waals surface area contributed by atoms with Gasteiger partial charge in [-0.15, -0.1) is 11.8 Å². The van der Waals surface area contributed by atoms with Crippen LogP contribution in [0, 0.1) is 0 Å². The fraction of sp³-hybridized carbons (Fsp3) is 0.391. The molecule has 0 aliphatic carbocycles. The lowest BCUT2D eigenvalue weighted by Crippen LogP contribution is -2.53. The van der Waals surface area contributed by atoms with Gasteiger partial charge < -0.3 is 14.5 Å². The van der Waals surface area contributed by atoms with Crippen LogP contribution in [0.5, 0.6) is 5.75 Å². The summed E-state index contributed by atoms with van der Waals surface area (Å²) in [4.78, 5) is 29.6. The summed E-state index contributed by atoms with van der Waals surface area (Å²) >= 11 is 7.93. The molecule has 2 aliphatic rings. The predicted octanol–water partition coefficient (Wildman–Crippen LogP) is 4.10. The number of carbonyl (C=O) groups is 2. The van der Waals surface area contributed by atoms with Gasteiger partial charge >= 0.3 is 0 Å². The second kappa shape index (κ2) is 8.90. The summed E-state index contributed by atoms with van der Waals surface area (Å²) in [5, 5.41) is 0.570. The Bertz CT molecular complexity index is 926. The number of hydrogen-bond acceptors (Lipinski definition) is 4. The van der Waals surface area contributed by atoms with E-state index in [1.54, 1.807) is 19.2 Å². The van der Waals surface area contributed by atoms with Crippen molar-refractivity contribution in [3.8, 4) is 5.75 Å². The van der Waals surface area contributed by atoms with Gasteiger partial charge in [-0.3, -0.25) is 9.59 Å². The van der Waals surface area contributed by atoms with Crippen molar-refractivity contribution in [1.29, 1.82) is 0 Å². The van der Waals surface area contributed by atoms with Gasteiger partial charge in [0.15, 0.2) is 0 Å². The Morgan fingerprint density at radius 3 is 2.50 bits per heavy atom. The van der Waals surface area contributed by atoms with Crippen molar-refractivity contribution >= 4 is 35.2 Å². The molecule has 0 atom stereocenters. The monoisotopic (exact) mass is 444 g/mol. The van der Waals surface area contributed by atoms with Gasteiger partial charge in [-0.05, 0) is 48.7 Å². The average Bonchev–Trinajstić information content (AvgIpc) is 3.17. The van der Waals surface area contributed by atoms with Crippen LogP contribution in [0.1, 0.15) is 28.8 Å². The zero-order valence-corrected chi connectivity index (χ0v) is 18.5. The highest BCUT2D eigenvalue weighted by atomic mass is 35.5. The van der Waals surface area contributed by atoms with Gasteiger partial charge in [-0.1, -0.05) is 29.8 Å². The zero-order valence-electron chi connectivity index (χ0n) is 17.0. The quantitative estimate of drug-likeness (QED) is 0.712. The van der Waals surface area contributed by atoms with E-state index in [9.17, 15) is 9.59 Å². The lowest BCUT2D eigenvalue weighted by Gasteiger charge is -2.44. The van der Waals surface area contributed by atoms with Crippen molar-refractivity contribution in [2.75, 3.05) is 32.5 Å². The number of amides is 2. The minimum atomic E-state index is -0.226. The maximum Gasteiger partial charge on any atom is 0.255 e. The van der Waals surface area contributed by atoms with E-state index in [1.165, 1.54) is 0 Å². The van der Waals surface area contributed by atoms with Crippen molar-refractivity contribution in [3.05, 3.63) is 64.7 Å². The molecule has 2 heterocycles. The molecule has 0 saturated carbocycles. The molecule has 2 aromatic rings. The summed E-state index contributed by atoms with van der Waals surface area (Å²) in [5.41, 5.74) is 1.61. The molecule has 0 unspecified atom stereocenters. The third-order valence-electron chi connectivity index (χ3n) is 5.91. The fourth-order valence-corrected chi connectivity index (χ4v) is 5.87. The summed E-state index contributed by atoms with van der Waals surface area (Å²) in [6.07, 6.45) is 1.96. The first-order valence-electron chi connectivity index (χ1n) is 10.1. The Hall–Kier alpha value is -2.18. The predicted molar refractivity (Wildman–Crippen MR) is 120 cm³/mol. The molecule has 0 N–H and O–H groups in total. The molecule has 2 fully saturated rings. The maximum absolute atomic E-state index is 13.1. The molecule has 5 nitrogen and oxygen atoms in total. The Balaban J connectivity index is 1.39. The molecule has 0 aromatic heterocycles. The number of piperidine rings is 1. The van der Waals surface area contributed by atoms with Crippen LogP contribution in [0.4, 0.5) is 0 Å². The molecule has 2 amide bonds. The average molecular weight is 445 g/mol. The first-order chi connectivity index (χ1) is 14.5. The SMILES string of the molecule is COc1ccc(CC(=O)N2CCC3(CC2)SCCN3C(=O)c2cccc(Cl)c2)cc1. The second-order valence-electron chi connectivity index (χ2n) is 7.67. The molecule has 30 heavy (non-hydrogen) atoms. The summed E-state index contributed by atoms with van der Waals surface area (Å²) < 4.78 is 5.17. The normalized spacial score (nSPS) is 17.9. The molecule has 0 radical (unpaired) electrons. The van der Waals surface area contributed by atoms with E-state index in [-0.39, 0.29) is 16.7 Å². The van der Waals surface area contributed by atoms with Crippen LogP contribution < -0.4 is 4.74 Å². The highest BCUT2D eigenvalue weighted by molar-refractivity contribution is 8.00. The van der Waals surface area contributed by atoms with Crippen molar-refractivity contribution < 1.29 is 14.3 Å². The second-order valence-corrected chi connectivity index (χ2v) is 9.56. The number of hydrogen-bond donors (Lipinski definition) is 0. The molecule has 4 rings (SSSR count). The van der Waals surface area contributed by atoms with Gasteiger partial charge in [0.25, 0.3) is 5.91 Å². The zero-order chi connectivity index (χ0) is 21.1. The molecule has 7 heteroatoms. The molecule has 2 saturated heterocycles. The van der Waals surface area contributed by atoms with Crippen LogP contribution in [0.15, 0.2) is 48.5 Å². The van der Waals surface area contributed by atoms with E-state index in [0.29, 0.717) is 30.1 Å². The van der Waals surface area contributed by atoms with Gasteiger partial charge in [0.2, 0.25) is 5.91 Å². The van der Waals surface area contributed by atoms with E-state index < -0.39 is 0 Å². The van der Waals surface area contributed by atoms with Crippen molar-refractivity contribution in [1.82, 2.24) is 9.80 Å². The van der Waals surface area contributed by atoms with Crippen LogP contribution >= 0.6 is 23.4 Å². The molecular weight excluding hydrogens is 420 g/mol. The van der Waals surface area contributed by atoms with Crippen LogP contribution in [-0.4, -0.2) is 59.0 Å². The number of carbonyl (C=O) groups excluding carboxylic acids is 2. The summed E-state index contributed by atoms with van der Waals surface area (Å²) in [6.45, 7) is 2.07. The number of likely N-dealkylation sites (tertiary alicyclic amines) is 1. The van der Waals surface area contributed by atoms with Crippen molar-refractivity contribution in [2.24, 2.45) is 0 Å². The first-order valence-corrected chi connectivity index (χ1v) is 11.5. The number of benzene rings is 2. The van der Waals surface area contributed by atoms with E-state index in [1.807, 2.05) is 58.0 Å². The van der Waals surface area contributed by atoms with Gasteiger partial charge in [0, 0.05) is 36.0 Å². The van der Waals surface area contributed by atoms with Crippen LogP contribution in [-0.2, 0) is 11.2 Å². The molecule has 158 valence electrons. The lowest BCUT2D eigenvalue weighted by atomic mass is 10.00. The molecule has 0 bridgehead atoms. The number of halogens is 1. The van der Waals surface area contributed by atoms with Gasteiger partial charge in [-0.25, -0.2) is 0 Å². The standard InChI is InChI=1S/C23H25ClN2O3S/c1-29-20-7-5-17(6-8-20)15-21(27)25-11-9-23(10-12-25)26(13-14-30-23)22(28)18-3-2-4-19(24)16-18/h2-8,16H,9-15H2,1H3. The third kappa shape index (κ3) is 4.30.